The van der Waals surface area contributed by atoms with E-state index in [0.717, 1.165) is 11.1 Å². The number of nitro groups is 1. The number of nitrogens with zero attached hydrogens (tertiary/aromatic N) is 5. The summed E-state index contributed by atoms with van der Waals surface area (Å²) in [6.45, 7) is 0.878. The highest BCUT2D eigenvalue weighted by molar-refractivity contribution is 5.74. The van der Waals surface area contributed by atoms with Gasteiger partial charge < -0.3 is 10.2 Å². The van der Waals surface area contributed by atoms with Crippen LogP contribution in [-0.4, -0.2) is 26.4 Å². The molecule has 0 bridgehead atoms. The van der Waals surface area contributed by atoms with Gasteiger partial charge in [0, 0.05) is 12.7 Å². The first-order valence-electron chi connectivity index (χ1n) is 10.2. The summed E-state index contributed by atoms with van der Waals surface area (Å²) in [5.41, 5.74) is 1.93. The molecule has 0 fully saturated rings. The molecular weight excluding hydrogens is 404 g/mol. The van der Waals surface area contributed by atoms with Gasteiger partial charge in [-0.2, -0.15) is 0 Å². The normalized spacial score (nSPS) is 10.5. The van der Waals surface area contributed by atoms with E-state index in [4.69, 9.17) is 0 Å². The van der Waals surface area contributed by atoms with Crippen LogP contribution in [0.1, 0.15) is 11.1 Å². The van der Waals surface area contributed by atoms with Crippen LogP contribution in [0.4, 0.5) is 23.1 Å². The van der Waals surface area contributed by atoms with Crippen LogP contribution in [-0.2, 0) is 13.0 Å². The van der Waals surface area contributed by atoms with Crippen molar-refractivity contribution in [1.82, 2.24) is 15.0 Å². The average molecular weight is 426 g/mol. The van der Waals surface area contributed by atoms with Gasteiger partial charge in [-0.3, -0.25) is 10.1 Å². The van der Waals surface area contributed by atoms with E-state index in [1.54, 1.807) is 23.2 Å². The third-order valence-electron chi connectivity index (χ3n) is 4.90. The molecule has 2 aromatic heterocycles. The fraction of sp³-hybridized carbons (Fsp3) is 0.125. The van der Waals surface area contributed by atoms with Gasteiger partial charge in [0.1, 0.15) is 12.1 Å². The summed E-state index contributed by atoms with van der Waals surface area (Å²) in [6, 6.07) is 25.1. The Hall–Kier alpha value is -4.33. The van der Waals surface area contributed by atoms with Gasteiger partial charge in [-0.25, -0.2) is 15.0 Å². The van der Waals surface area contributed by atoms with E-state index in [9.17, 15) is 10.1 Å². The first-order chi connectivity index (χ1) is 15.7. The molecule has 2 heterocycles. The van der Waals surface area contributed by atoms with Crippen LogP contribution >= 0.6 is 0 Å². The second-order valence-electron chi connectivity index (χ2n) is 7.07. The topological polar surface area (TPSA) is 97.1 Å². The highest BCUT2D eigenvalue weighted by atomic mass is 16.6. The molecule has 0 aliphatic heterocycles. The SMILES string of the molecule is O=[N+]([O-])c1c(NCCc2ccccc2)ncnc1N(Cc1ccccc1)c1ccccn1. The van der Waals surface area contributed by atoms with E-state index in [1.165, 1.54) is 6.33 Å². The Morgan fingerprint density at radius 1 is 0.844 bits per heavy atom. The minimum Gasteiger partial charge on any atom is -0.364 e. The van der Waals surface area contributed by atoms with Crippen molar-refractivity contribution in [1.29, 1.82) is 0 Å². The third-order valence-corrected chi connectivity index (χ3v) is 4.90. The fourth-order valence-electron chi connectivity index (χ4n) is 3.38. The van der Waals surface area contributed by atoms with Gasteiger partial charge >= 0.3 is 5.69 Å². The highest BCUT2D eigenvalue weighted by Crippen LogP contribution is 2.36. The first-order valence-corrected chi connectivity index (χ1v) is 10.2. The number of nitrogens with one attached hydrogen (secondary N) is 1. The maximum atomic E-state index is 12.1. The second kappa shape index (κ2) is 10.1. The number of pyridine rings is 1. The van der Waals surface area contributed by atoms with Crippen LogP contribution in [0.3, 0.4) is 0 Å². The lowest BCUT2D eigenvalue weighted by molar-refractivity contribution is -0.383. The zero-order chi connectivity index (χ0) is 22.2. The van der Waals surface area contributed by atoms with Crippen molar-refractivity contribution in [3.63, 3.8) is 0 Å². The van der Waals surface area contributed by atoms with Gasteiger partial charge in [0.2, 0.25) is 11.6 Å². The molecule has 0 unspecified atom stereocenters. The van der Waals surface area contributed by atoms with Crippen molar-refractivity contribution in [2.75, 3.05) is 16.8 Å². The van der Waals surface area contributed by atoms with Crippen LogP contribution in [0.25, 0.3) is 0 Å². The summed E-state index contributed by atoms with van der Waals surface area (Å²) in [5, 5.41) is 15.2. The smallest absolute Gasteiger partial charge is 0.353 e. The Kier molecular flexibility index (Phi) is 6.62. The standard InChI is InChI=1S/C24H22N6O2/c31-30(32)22-23(26-16-14-19-9-3-1-4-10-19)27-18-28-24(22)29(21-13-7-8-15-25-21)17-20-11-5-2-6-12-20/h1-13,15,18H,14,16-17H2,(H,26,27,28). The summed E-state index contributed by atoms with van der Waals surface area (Å²) in [5.74, 6) is 0.938. The molecule has 0 aliphatic carbocycles. The summed E-state index contributed by atoms with van der Waals surface area (Å²) < 4.78 is 0. The van der Waals surface area contributed by atoms with Gasteiger partial charge in [0.25, 0.3) is 0 Å². The van der Waals surface area contributed by atoms with Crippen LogP contribution in [0.15, 0.2) is 91.4 Å². The van der Waals surface area contributed by atoms with Gasteiger partial charge in [-0.05, 0) is 29.7 Å². The van der Waals surface area contributed by atoms with Crippen LogP contribution < -0.4 is 10.2 Å². The zero-order valence-electron chi connectivity index (χ0n) is 17.3. The molecule has 32 heavy (non-hydrogen) atoms. The molecule has 1 N–H and O–H groups in total. The Labute approximate surface area is 185 Å². The Morgan fingerprint density at radius 3 is 2.19 bits per heavy atom. The Balaban J connectivity index is 1.67. The second-order valence-corrected chi connectivity index (χ2v) is 7.07. The predicted molar refractivity (Wildman–Crippen MR) is 124 cm³/mol. The monoisotopic (exact) mass is 426 g/mol. The molecule has 8 heteroatoms. The molecule has 0 spiro atoms. The van der Waals surface area contributed by atoms with Crippen molar-refractivity contribution >= 4 is 23.1 Å². The molecule has 0 amide bonds. The molecule has 4 aromatic rings. The summed E-state index contributed by atoms with van der Waals surface area (Å²) in [7, 11) is 0. The van der Waals surface area contributed by atoms with Gasteiger partial charge in [-0.1, -0.05) is 66.7 Å². The molecule has 4 rings (SSSR count). The van der Waals surface area contributed by atoms with Crippen LogP contribution in [0, 0.1) is 10.1 Å². The van der Waals surface area contributed by atoms with Gasteiger partial charge in [0.15, 0.2) is 0 Å². The average Bonchev–Trinajstić information content (AvgIpc) is 2.84. The molecule has 2 aromatic carbocycles. The molecule has 0 saturated carbocycles. The van der Waals surface area contributed by atoms with Gasteiger partial charge in [-0.15, -0.1) is 0 Å². The van der Waals surface area contributed by atoms with Crippen molar-refractivity contribution < 1.29 is 4.92 Å². The molecule has 0 radical (unpaired) electrons. The first kappa shape index (κ1) is 20.9. The highest BCUT2D eigenvalue weighted by Gasteiger charge is 2.28. The van der Waals surface area contributed by atoms with E-state index in [2.05, 4.69) is 20.3 Å². The molecular formula is C24H22N6O2. The number of hydrogen-bond donors (Lipinski definition) is 1. The van der Waals surface area contributed by atoms with E-state index in [-0.39, 0.29) is 17.3 Å². The van der Waals surface area contributed by atoms with E-state index < -0.39 is 4.92 Å². The number of rotatable bonds is 9. The lowest BCUT2D eigenvalue weighted by Crippen LogP contribution is -2.21. The quantitative estimate of drug-likeness (QED) is 0.304. The summed E-state index contributed by atoms with van der Waals surface area (Å²) in [6.07, 6.45) is 3.71. The van der Waals surface area contributed by atoms with Crippen molar-refractivity contribution in [3.05, 3.63) is 113 Å². The fourth-order valence-corrected chi connectivity index (χ4v) is 3.38. The molecule has 0 atom stereocenters. The zero-order valence-corrected chi connectivity index (χ0v) is 17.3. The number of anilines is 3. The maximum absolute atomic E-state index is 12.1. The number of aromatic nitrogens is 3. The van der Waals surface area contributed by atoms with Crippen molar-refractivity contribution in [2.45, 2.75) is 13.0 Å². The third kappa shape index (κ3) is 5.04. The summed E-state index contributed by atoms with van der Waals surface area (Å²) >= 11 is 0. The van der Waals surface area contributed by atoms with E-state index in [1.807, 2.05) is 66.7 Å². The minimum atomic E-state index is -0.443. The van der Waals surface area contributed by atoms with Gasteiger partial charge in [0.05, 0.1) is 11.5 Å². The van der Waals surface area contributed by atoms with E-state index in [0.29, 0.717) is 25.3 Å². The number of hydrogen-bond acceptors (Lipinski definition) is 7. The van der Waals surface area contributed by atoms with Crippen molar-refractivity contribution in [2.24, 2.45) is 0 Å². The predicted octanol–water partition coefficient (Wildman–Crippen LogP) is 4.77. The minimum absolute atomic E-state index is 0.179. The number of benzene rings is 2. The summed E-state index contributed by atoms with van der Waals surface area (Å²) in [4.78, 5) is 26.3. The van der Waals surface area contributed by atoms with Crippen molar-refractivity contribution in [3.8, 4) is 0 Å². The molecule has 0 saturated heterocycles. The molecule has 160 valence electrons. The lowest BCUT2D eigenvalue weighted by Gasteiger charge is -2.23. The maximum Gasteiger partial charge on any atom is 0.353 e. The Morgan fingerprint density at radius 2 is 1.53 bits per heavy atom. The molecule has 8 nitrogen and oxygen atoms in total. The largest absolute Gasteiger partial charge is 0.364 e. The molecule has 0 aliphatic rings. The van der Waals surface area contributed by atoms with E-state index >= 15 is 0 Å². The van der Waals surface area contributed by atoms with Crippen LogP contribution in [0.5, 0.6) is 0 Å². The van der Waals surface area contributed by atoms with Crippen LogP contribution in [0.2, 0.25) is 0 Å². The lowest BCUT2D eigenvalue weighted by atomic mass is 10.1. The Bertz CT molecular complexity index is 1160.